The van der Waals surface area contributed by atoms with Gasteiger partial charge in [-0.15, -0.1) is 5.10 Å². The van der Waals surface area contributed by atoms with Crippen molar-refractivity contribution in [3.63, 3.8) is 0 Å². The molecule has 0 spiro atoms. The van der Waals surface area contributed by atoms with Crippen LogP contribution in [0.3, 0.4) is 0 Å². The molecule has 2 aromatic rings. The number of alkyl halides is 3. The van der Waals surface area contributed by atoms with Crippen LogP contribution < -0.4 is 5.73 Å². The van der Waals surface area contributed by atoms with Gasteiger partial charge in [0.1, 0.15) is 0 Å². The SMILES string of the molecule is Nc1nnc(-c2ccc(Br)c(C(F)(F)F)c2)o1. The van der Waals surface area contributed by atoms with E-state index >= 15 is 0 Å². The molecule has 0 aliphatic carbocycles. The Kier molecular flexibility index (Phi) is 2.82. The molecule has 0 amide bonds. The topological polar surface area (TPSA) is 64.9 Å². The maximum atomic E-state index is 12.6. The zero-order valence-electron chi connectivity index (χ0n) is 8.12. The number of anilines is 1. The highest BCUT2D eigenvalue weighted by atomic mass is 79.9. The summed E-state index contributed by atoms with van der Waals surface area (Å²) < 4.78 is 42.7. The average Bonchev–Trinajstić information content (AvgIpc) is 2.64. The van der Waals surface area contributed by atoms with Crippen molar-refractivity contribution in [2.24, 2.45) is 0 Å². The number of nitrogens with zero attached hydrogens (tertiary/aromatic N) is 2. The third kappa shape index (κ3) is 2.41. The first-order valence-electron chi connectivity index (χ1n) is 4.34. The molecular weight excluding hydrogens is 303 g/mol. The van der Waals surface area contributed by atoms with Crippen molar-refractivity contribution in [1.82, 2.24) is 10.2 Å². The highest BCUT2D eigenvalue weighted by Gasteiger charge is 2.33. The van der Waals surface area contributed by atoms with Gasteiger partial charge in [0.15, 0.2) is 0 Å². The molecule has 17 heavy (non-hydrogen) atoms. The lowest BCUT2D eigenvalue weighted by molar-refractivity contribution is -0.138. The smallest absolute Gasteiger partial charge is 0.404 e. The van der Waals surface area contributed by atoms with E-state index in [0.29, 0.717) is 0 Å². The van der Waals surface area contributed by atoms with Gasteiger partial charge in [-0.1, -0.05) is 21.0 Å². The highest BCUT2D eigenvalue weighted by molar-refractivity contribution is 9.10. The fourth-order valence-corrected chi connectivity index (χ4v) is 1.70. The first-order chi connectivity index (χ1) is 7.88. The predicted octanol–water partition coefficient (Wildman–Crippen LogP) is 3.10. The van der Waals surface area contributed by atoms with Crippen LogP contribution in [0.4, 0.5) is 19.2 Å². The van der Waals surface area contributed by atoms with Gasteiger partial charge in [0.25, 0.3) is 0 Å². The second-order valence-corrected chi connectivity index (χ2v) is 3.99. The lowest BCUT2D eigenvalue weighted by atomic mass is 10.1. The molecule has 0 aliphatic heterocycles. The molecule has 4 nitrogen and oxygen atoms in total. The number of aromatic nitrogens is 2. The Hall–Kier alpha value is -1.57. The van der Waals surface area contributed by atoms with E-state index in [4.69, 9.17) is 10.2 Å². The second kappa shape index (κ2) is 4.02. The van der Waals surface area contributed by atoms with Crippen molar-refractivity contribution in [1.29, 1.82) is 0 Å². The van der Waals surface area contributed by atoms with Crippen LogP contribution in [0.25, 0.3) is 11.5 Å². The largest absolute Gasteiger partial charge is 0.417 e. The van der Waals surface area contributed by atoms with Gasteiger partial charge in [0.2, 0.25) is 5.89 Å². The summed E-state index contributed by atoms with van der Waals surface area (Å²) in [6, 6.07) is 3.40. The molecule has 90 valence electrons. The summed E-state index contributed by atoms with van der Waals surface area (Å²) in [5.74, 6) is -0.0551. The number of benzene rings is 1. The van der Waals surface area contributed by atoms with Crippen LogP contribution in [0.2, 0.25) is 0 Å². The zero-order chi connectivity index (χ0) is 12.6. The van der Waals surface area contributed by atoms with Gasteiger partial charge < -0.3 is 10.2 Å². The molecule has 0 radical (unpaired) electrons. The number of rotatable bonds is 1. The van der Waals surface area contributed by atoms with Crippen LogP contribution >= 0.6 is 15.9 Å². The number of halogens is 4. The molecule has 0 unspecified atom stereocenters. The molecule has 0 fully saturated rings. The first-order valence-corrected chi connectivity index (χ1v) is 5.13. The predicted molar refractivity (Wildman–Crippen MR) is 56.8 cm³/mol. The Morgan fingerprint density at radius 1 is 1.24 bits per heavy atom. The minimum absolute atomic E-state index is 0.0544. The van der Waals surface area contributed by atoms with Gasteiger partial charge in [0.05, 0.1) is 5.56 Å². The van der Waals surface area contributed by atoms with Crippen molar-refractivity contribution in [3.05, 3.63) is 28.2 Å². The van der Waals surface area contributed by atoms with Crippen LogP contribution in [-0.4, -0.2) is 10.2 Å². The molecular formula is C9H5BrF3N3O. The van der Waals surface area contributed by atoms with E-state index < -0.39 is 11.7 Å². The van der Waals surface area contributed by atoms with Crippen molar-refractivity contribution in [2.75, 3.05) is 5.73 Å². The van der Waals surface area contributed by atoms with Gasteiger partial charge in [0, 0.05) is 10.0 Å². The van der Waals surface area contributed by atoms with E-state index in [0.717, 1.165) is 6.07 Å². The normalized spacial score (nSPS) is 11.8. The summed E-state index contributed by atoms with van der Waals surface area (Å²) in [5, 5.41) is 6.89. The first kappa shape index (κ1) is 11.9. The molecule has 0 saturated heterocycles. The lowest BCUT2D eigenvalue weighted by Crippen LogP contribution is -2.06. The van der Waals surface area contributed by atoms with E-state index in [2.05, 4.69) is 26.1 Å². The van der Waals surface area contributed by atoms with Crippen LogP contribution in [-0.2, 0) is 6.18 Å². The van der Waals surface area contributed by atoms with Crippen LogP contribution in [0.15, 0.2) is 27.1 Å². The molecule has 0 bridgehead atoms. The highest BCUT2D eigenvalue weighted by Crippen LogP contribution is 2.37. The summed E-state index contributed by atoms with van der Waals surface area (Å²) in [6.07, 6.45) is -4.46. The number of hydrogen-bond acceptors (Lipinski definition) is 4. The molecule has 8 heteroatoms. The minimum Gasteiger partial charge on any atom is -0.404 e. The summed E-state index contributed by atoms with van der Waals surface area (Å²) >= 11 is 2.83. The Balaban J connectivity index is 2.51. The Morgan fingerprint density at radius 2 is 1.94 bits per heavy atom. The summed E-state index contributed by atoms with van der Waals surface area (Å²) in [5.41, 5.74) is 4.54. The molecule has 2 N–H and O–H groups in total. The van der Waals surface area contributed by atoms with Crippen LogP contribution in [0.1, 0.15) is 5.56 Å². The molecule has 2 rings (SSSR count). The molecule has 1 heterocycles. The Morgan fingerprint density at radius 3 is 2.47 bits per heavy atom. The molecule has 0 aliphatic rings. The van der Waals surface area contributed by atoms with Crippen LogP contribution in [0.5, 0.6) is 0 Å². The van der Waals surface area contributed by atoms with E-state index in [1.807, 2.05) is 0 Å². The minimum atomic E-state index is -4.46. The summed E-state index contributed by atoms with van der Waals surface area (Å²) in [6.45, 7) is 0. The van der Waals surface area contributed by atoms with Gasteiger partial charge in [-0.3, -0.25) is 0 Å². The van der Waals surface area contributed by atoms with Gasteiger partial charge in [-0.05, 0) is 18.2 Å². The summed E-state index contributed by atoms with van der Waals surface area (Å²) in [4.78, 5) is 0. The zero-order valence-corrected chi connectivity index (χ0v) is 9.71. The second-order valence-electron chi connectivity index (χ2n) is 3.14. The van der Waals surface area contributed by atoms with Crippen molar-refractivity contribution >= 4 is 21.9 Å². The van der Waals surface area contributed by atoms with E-state index in [-0.39, 0.29) is 21.9 Å². The van der Waals surface area contributed by atoms with Gasteiger partial charge >= 0.3 is 12.2 Å². The number of nitrogens with two attached hydrogens (primary N) is 1. The Bertz CT molecular complexity index is 553. The molecule has 0 atom stereocenters. The Labute approximate surface area is 102 Å². The molecule has 1 aromatic heterocycles. The standard InChI is InChI=1S/C9H5BrF3N3O/c10-6-2-1-4(3-5(6)9(11,12)13)7-15-16-8(14)17-7/h1-3H,(H2,14,16). The fourth-order valence-electron chi connectivity index (χ4n) is 1.23. The maximum Gasteiger partial charge on any atom is 0.417 e. The van der Waals surface area contributed by atoms with Gasteiger partial charge in [-0.25, -0.2) is 0 Å². The van der Waals surface area contributed by atoms with Crippen molar-refractivity contribution < 1.29 is 17.6 Å². The quantitative estimate of drug-likeness (QED) is 0.879. The molecule has 1 aromatic carbocycles. The fraction of sp³-hybridized carbons (Fsp3) is 0.111. The third-order valence-corrected chi connectivity index (χ3v) is 2.65. The van der Waals surface area contributed by atoms with E-state index in [9.17, 15) is 13.2 Å². The third-order valence-electron chi connectivity index (χ3n) is 1.96. The van der Waals surface area contributed by atoms with Crippen LogP contribution in [0, 0.1) is 0 Å². The monoisotopic (exact) mass is 307 g/mol. The van der Waals surface area contributed by atoms with Crippen molar-refractivity contribution in [3.8, 4) is 11.5 Å². The van der Waals surface area contributed by atoms with Crippen molar-refractivity contribution in [2.45, 2.75) is 6.18 Å². The average molecular weight is 308 g/mol. The number of hydrogen-bond donors (Lipinski definition) is 1. The summed E-state index contributed by atoms with van der Waals surface area (Å²) in [7, 11) is 0. The number of nitrogen functional groups attached to an aromatic ring is 1. The van der Waals surface area contributed by atoms with Gasteiger partial charge in [-0.2, -0.15) is 13.2 Å². The maximum absolute atomic E-state index is 12.6. The lowest BCUT2D eigenvalue weighted by Gasteiger charge is -2.09. The van der Waals surface area contributed by atoms with E-state index in [1.165, 1.54) is 12.1 Å². The molecule has 0 saturated carbocycles. The van der Waals surface area contributed by atoms with E-state index in [1.54, 1.807) is 0 Å².